The molecule has 0 radical (unpaired) electrons. The molecule has 2 aromatic carbocycles. The number of H-pyrrole nitrogens is 1. The van der Waals surface area contributed by atoms with Crippen LogP contribution in [0.4, 0.5) is 11.4 Å². The first kappa shape index (κ1) is 17.1. The number of benzene rings is 2. The Balaban J connectivity index is 1.33. The molecule has 6 rings (SSSR count). The Morgan fingerprint density at radius 1 is 0.933 bits per heavy atom. The van der Waals surface area contributed by atoms with Crippen molar-refractivity contribution in [2.24, 2.45) is 0 Å². The fraction of sp³-hybridized carbons (Fsp3) is 0.217. The van der Waals surface area contributed by atoms with E-state index < -0.39 is 0 Å². The predicted molar refractivity (Wildman–Crippen MR) is 115 cm³/mol. The van der Waals surface area contributed by atoms with Gasteiger partial charge in [-0.2, -0.15) is 0 Å². The Kier molecular flexibility index (Phi) is 3.50. The Morgan fingerprint density at radius 3 is 2.50 bits per heavy atom. The van der Waals surface area contributed by atoms with E-state index in [0.29, 0.717) is 12.8 Å². The predicted octanol–water partition coefficient (Wildman–Crippen LogP) is 3.31. The molecule has 2 atom stereocenters. The summed E-state index contributed by atoms with van der Waals surface area (Å²) in [4.78, 5) is 28.5. The topological polar surface area (TPSA) is 88.2 Å². The van der Waals surface area contributed by atoms with Gasteiger partial charge < -0.3 is 20.4 Å². The summed E-state index contributed by atoms with van der Waals surface area (Å²) in [6, 6.07) is 11.3. The first-order valence-electron chi connectivity index (χ1n) is 10.0. The lowest BCUT2D eigenvalue weighted by Gasteiger charge is -2.12. The van der Waals surface area contributed by atoms with Crippen molar-refractivity contribution in [1.82, 2.24) is 9.55 Å². The molecular formula is C23H20N4O3. The highest BCUT2D eigenvalue weighted by Gasteiger charge is 2.32. The molecule has 3 N–H and O–H groups in total. The van der Waals surface area contributed by atoms with E-state index in [1.807, 2.05) is 42.7 Å². The third-order valence-electron chi connectivity index (χ3n) is 6.33. The van der Waals surface area contributed by atoms with Gasteiger partial charge in [0.15, 0.2) is 0 Å². The maximum atomic E-state index is 13.4. The molecule has 0 fully saturated rings. The Bertz CT molecular complexity index is 1350. The van der Waals surface area contributed by atoms with Gasteiger partial charge in [0.1, 0.15) is 12.1 Å². The molecule has 0 saturated heterocycles. The number of aromatic nitrogens is 2. The SMILES string of the molecule is COC(=O)C1Cc2c(ccc3c2ccn3C(=O)C2Cc3c(ccc4[nH]ccc34)N2)N1. The lowest BCUT2D eigenvalue weighted by Crippen LogP contribution is -2.31. The van der Waals surface area contributed by atoms with Crippen LogP contribution in [0.2, 0.25) is 0 Å². The number of carbonyl (C=O) groups is 2. The van der Waals surface area contributed by atoms with Gasteiger partial charge in [-0.25, -0.2) is 4.79 Å². The fourth-order valence-corrected chi connectivity index (χ4v) is 4.86. The minimum atomic E-state index is -0.385. The Morgan fingerprint density at radius 2 is 1.67 bits per heavy atom. The molecule has 0 aliphatic carbocycles. The zero-order chi connectivity index (χ0) is 20.4. The van der Waals surface area contributed by atoms with Gasteiger partial charge in [0, 0.05) is 52.9 Å². The van der Waals surface area contributed by atoms with E-state index in [-0.39, 0.29) is 24.0 Å². The molecule has 2 unspecified atom stereocenters. The van der Waals surface area contributed by atoms with Gasteiger partial charge in [-0.15, -0.1) is 0 Å². The van der Waals surface area contributed by atoms with Gasteiger partial charge >= 0.3 is 5.97 Å². The number of methoxy groups -OCH3 is 1. The van der Waals surface area contributed by atoms with Crippen LogP contribution in [0.3, 0.4) is 0 Å². The van der Waals surface area contributed by atoms with Crippen molar-refractivity contribution >= 4 is 45.1 Å². The van der Waals surface area contributed by atoms with Crippen LogP contribution in [-0.2, 0) is 22.4 Å². The van der Waals surface area contributed by atoms with Crippen LogP contribution < -0.4 is 10.6 Å². The van der Waals surface area contributed by atoms with Crippen molar-refractivity contribution in [3.05, 3.63) is 59.9 Å². The van der Waals surface area contributed by atoms with E-state index in [2.05, 4.69) is 21.7 Å². The summed E-state index contributed by atoms with van der Waals surface area (Å²) >= 11 is 0. The second-order valence-electron chi connectivity index (χ2n) is 7.90. The van der Waals surface area contributed by atoms with Crippen molar-refractivity contribution < 1.29 is 14.3 Å². The molecule has 4 heterocycles. The monoisotopic (exact) mass is 400 g/mol. The number of hydrogen-bond donors (Lipinski definition) is 3. The lowest BCUT2D eigenvalue weighted by atomic mass is 10.0. The second kappa shape index (κ2) is 6.13. The van der Waals surface area contributed by atoms with Crippen molar-refractivity contribution in [3.63, 3.8) is 0 Å². The summed E-state index contributed by atoms with van der Waals surface area (Å²) in [6.07, 6.45) is 4.96. The van der Waals surface area contributed by atoms with Gasteiger partial charge in [0.2, 0.25) is 0 Å². The van der Waals surface area contributed by atoms with E-state index in [4.69, 9.17) is 4.74 Å². The van der Waals surface area contributed by atoms with Crippen molar-refractivity contribution in [2.75, 3.05) is 17.7 Å². The van der Waals surface area contributed by atoms with Gasteiger partial charge in [0.05, 0.1) is 12.6 Å². The minimum absolute atomic E-state index is 0.0142. The molecule has 2 aromatic heterocycles. The highest BCUT2D eigenvalue weighted by Crippen LogP contribution is 2.36. The average Bonchev–Trinajstić information content (AvgIpc) is 3.54. The third-order valence-corrected chi connectivity index (χ3v) is 6.33. The van der Waals surface area contributed by atoms with E-state index >= 15 is 0 Å². The summed E-state index contributed by atoms with van der Waals surface area (Å²) in [5.74, 6) is -0.265. The number of nitrogens with one attached hydrogen (secondary N) is 3. The average molecular weight is 400 g/mol. The van der Waals surface area contributed by atoms with Crippen LogP contribution in [0, 0.1) is 0 Å². The first-order valence-corrected chi connectivity index (χ1v) is 10.0. The first-order chi connectivity index (χ1) is 14.6. The standard InChI is InChI=1S/C23H20N4O3/c1-30-23(29)20-11-15-13-7-9-27(21(13)5-4-18(15)26-20)22(28)19-10-14-12-6-8-24-16(12)2-3-17(14)25-19/h2-9,19-20,24-26H,10-11H2,1H3. The number of ether oxygens (including phenoxy) is 1. The minimum Gasteiger partial charge on any atom is -0.467 e. The smallest absolute Gasteiger partial charge is 0.328 e. The summed E-state index contributed by atoms with van der Waals surface area (Å²) < 4.78 is 6.59. The van der Waals surface area contributed by atoms with Gasteiger partial charge in [-0.1, -0.05) is 0 Å². The number of anilines is 2. The molecule has 0 bridgehead atoms. The summed E-state index contributed by atoms with van der Waals surface area (Å²) in [5.41, 5.74) is 6.10. The molecule has 4 aromatic rings. The quantitative estimate of drug-likeness (QED) is 0.450. The van der Waals surface area contributed by atoms with Gasteiger partial charge in [0.25, 0.3) is 5.91 Å². The van der Waals surface area contributed by atoms with Crippen LogP contribution in [0.25, 0.3) is 21.8 Å². The van der Waals surface area contributed by atoms with Crippen LogP contribution in [0.5, 0.6) is 0 Å². The number of nitrogens with zero attached hydrogens (tertiary/aromatic N) is 1. The number of rotatable bonds is 2. The molecule has 0 saturated carbocycles. The Hall–Kier alpha value is -3.74. The van der Waals surface area contributed by atoms with Crippen LogP contribution >= 0.6 is 0 Å². The number of esters is 1. The van der Waals surface area contributed by atoms with E-state index in [9.17, 15) is 9.59 Å². The fourth-order valence-electron chi connectivity index (χ4n) is 4.86. The van der Waals surface area contributed by atoms with Crippen LogP contribution in [0.15, 0.2) is 48.8 Å². The molecule has 2 aliphatic heterocycles. The number of aromatic amines is 1. The number of fused-ring (bicyclic) bond motifs is 6. The van der Waals surface area contributed by atoms with Gasteiger partial charge in [-0.3, -0.25) is 9.36 Å². The van der Waals surface area contributed by atoms with Crippen molar-refractivity contribution in [2.45, 2.75) is 24.9 Å². The maximum absolute atomic E-state index is 13.4. The number of hydrogen-bond acceptors (Lipinski definition) is 5. The van der Waals surface area contributed by atoms with E-state index in [1.54, 1.807) is 4.57 Å². The van der Waals surface area contributed by atoms with Crippen LogP contribution in [0.1, 0.15) is 15.9 Å². The summed E-state index contributed by atoms with van der Waals surface area (Å²) in [7, 11) is 1.39. The second-order valence-corrected chi connectivity index (χ2v) is 7.90. The largest absolute Gasteiger partial charge is 0.467 e. The van der Waals surface area contributed by atoms with E-state index in [0.717, 1.165) is 38.7 Å². The highest BCUT2D eigenvalue weighted by molar-refractivity contribution is 6.02. The molecule has 0 spiro atoms. The Labute approximate surface area is 172 Å². The van der Waals surface area contributed by atoms with Gasteiger partial charge in [-0.05, 0) is 47.5 Å². The zero-order valence-electron chi connectivity index (χ0n) is 16.4. The van der Waals surface area contributed by atoms with Crippen molar-refractivity contribution in [3.8, 4) is 0 Å². The summed E-state index contributed by atoms with van der Waals surface area (Å²) in [6.45, 7) is 0. The lowest BCUT2D eigenvalue weighted by molar-refractivity contribution is -0.141. The van der Waals surface area contributed by atoms with E-state index in [1.165, 1.54) is 12.7 Å². The zero-order valence-corrected chi connectivity index (χ0v) is 16.4. The molecule has 0 amide bonds. The highest BCUT2D eigenvalue weighted by atomic mass is 16.5. The van der Waals surface area contributed by atoms with Crippen molar-refractivity contribution in [1.29, 1.82) is 0 Å². The molecule has 30 heavy (non-hydrogen) atoms. The van der Waals surface area contributed by atoms with Crippen LogP contribution in [-0.4, -0.2) is 40.6 Å². The molecule has 150 valence electrons. The molecule has 2 aliphatic rings. The normalized spacial score (nSPS) is 19.4. The molecular weight excluding hydrogens is 380 g/mol. The third kappa shape index (κ3) is 2.32. The molecule has 7 heteroatoms. The number of carbonyl (C=O) groups excluding carboxylic acids is 2. The summed E-state index contributed by atoms with van der Waals surface area (Å²) in [5, 5.41) is 8.75. The molecule has 7 nitrogen and oxygen atoms in total. The maximum Gasteiger partial charge on any atom is 0.328 e.